The van der Waals surface area contributed by atoms with Crippen LogP contribution in [0.3, 0.4) is 0 Å². The number of hydrogen-bond acceptors (Lipinski definition) is 8. The van der Waals surface area contributed by atoms with Gasteiger partial charge < -0.3 is 29.3 Å². The summed E-state index contributed by atoms with van der Waals surface area (Å²) in [7, 11) is -4.61. The van der Waals surface area contributed by atoms with Crippen LogP contribution in [0.4, 0.5) is 0 Å². The Labute approximate surface area is 166 Å². The summed E-state index contributed by atoms with van der Waals surface area (Å²) >= 11 is 0. The first-order valence-electron chi connectivity index (χ1n) is 7.73. The van der Waals surface area contributed by atoms with Gasteiger partial charge in [-0.3, -0.25) is 0 Å². The van der Waals surface area contributed by atoms with Crippen molar-refractivity contribution in [2.45, 2.75) is 45.3 Å². The number of aliphatic hydroxyl groups is 3. The molecule has 2 atom stereocenters. The van der Waals surface area contributed by atoms with Crippen LogP contribution >= 0.6 is 0 Å². The van der Waals surface area contributed by atoms with Crippen LogP contribution in [0.2, 0.25) is 0 Å². The Hall–Kier alpha value is 0.710. The van der Waals surface area contributed by atoms with Crippen LogP contribution in [0.15, 0.2) is 0 Å². The van der Waals surface area contributed by atoms with Gasteiger partial charge in [0, 0.05) is 0 Å². The average molecular weight is 380 g/mol. The van der Waals surface area contributed by atoms with Gasteiger partial charge in [0.15, 0.2) is 0 Å². The Morgan fingerprint density at radius 2 is 1.71 bits per heavy atom. The number of aliphatic hydroxyl groups excluding tert-OH is 3. The molecule has 2 heterocycles. The van der Waals surface area contributed by atoms with E-state index in [1.807, 2.05) is 6.92 Å². The number of ether oxygens (including phenoxy) is 2. The minimum Gasteiger partial charge on any atom is -0.748 e. The van der Waals surface area contributed by atoms with Crippen molar-refractivity contribution in [3.05, 3.63) is 0 Å². The first-order chi connectivity index (χ1) is 10.7. The normalized spacial score (nSPS) is 19.7. The molecule has 0 amide bonds. The third-order valence-corrected chi connectivity index (χ3v) is 4.26. The van der Waals surface area contributed by atoms with Crippen LogP contribution in [0.25, 0.3) is 0 Å². The first kappa shape index (κ1) is 26.9. The molecule has 140 valence electrons. The summed E-state index contributed by atoms with van der Waals surface area (Å²) in [5.41, 5.74) is -1.66. The second-order valence-electron chi connectivity index (χ2n) is 5.79. The van der Waals surface area contributed by atoms with Crippen molar-refractivity contribution in [3.63, 3.8) is 0 Å². The fourth-order valence-corrected chi connectivity index (χ4v) is 2.68. The monoisotopic (exact) mass is 380 g/mol. The van der Waals surface area contributed by atoms with E-state index in [4.69, 9.17) is 14.9 Å². The molecule has 2 saturated heterocycles. The van der Waals surface area contributed by atoms with E-state index in [9.17, 15) is 18.1 Å². The van der Waals surface area contributed by atoms with Crippen molar-refractivity contribution in [3.8, 4) is 0 Å². The number of epoxide rings is 2. The second kappa shape index (κ2) is 13.9. The van der Waals surface area contributed by atoms with Gasteiger partial charge in [-0.1, -0.05) is 19.8 Å². The molecular weight excluding hydrogens is 351 g/mol. The van der Waals surface area contributed by atoms with Crippen molar-refractivity contribution in [1.82, 2.24) is 0 Å². The molecule has 0 aliphatic carbocycles. The Morgan fingerprint density at radius 3 is 1.92 bits per heavy atom. The Kier molecular flexibility index (Phi) is 15.5. The molecule has 10 heteroatoms. The van der Waals surface area contributed by atoms with E-state index in [0.29, 0.717) is 12.5 Å². The molecule has 0 bridgehead atoms. The van der Waals surface area contributed by atoms with E-state index in [-0.39, 0.29) is 36.0 Å². The summed E-state index contributed by atoms with van der Waals surface area (Å²) in [6.45, 7) is 5.45. The summed E-state index contributed by atoms with van der Waals surface area (Å²) < 4.78 is 41.2. The maximum atomic E-state index is 10.7. The molecule has 0 spiro atoms. The zero-order chi connectivity index (χ0) is 17.9. The van der Waals surface area contributed by atoms with Gasteiger partial charge in [-0.15, -0.1) is 0 Å². The van der Waals surface area contributed by atoms with Gasteiger partial charge >= 0.3 is 29.6 Å². The van der Waals surface area contributed by atoms with Crippen molar-refractivity contribution in [1.29, 1.82) is 0 Å². The molecule has 3 N–H and O–H groups in total. The quantitative estimate of drug-likeness (QED) is 0.223. The molecule has 24 heavy (non-hydrogen) atoms. The maximum absolute atomic E-state index is 10.7. The number of unbranched alkanes of at least 4 members (excludes halogenated alkanes) is 1. The van der Waals surface area contributed by atoms with Gasteiger partial charge in [-0.05, 0) is 13.3 Å². The molecular formula is C14H29NaO8S. The van der Waals surface area contributed by atoms with Gasteiger partial charge in [0.25, 0.3) is 0 Å². The largest absolute Gasteiger partial charge is 1.00 e. The topological polar surface area (TPSA) is 143 Å². The molecule has 0 aromatic carbocycles. The molecule has 2 aliphatic heterocycles. The van der Waals surface area contributed by atoms with Gasteiger partial charge in [-0.25, -0.2) is 8.42 Å². The van der Waals surface area contributed by atoms with Crippen molar-refractivity contribution in [2.24, 2.45) is 5.41 Å². The van der Waals surface area contributed by atoms with Gasteiger partial charge in [0.05, 0.1) is 66.5 Å². The van der Waals surface area contributed by atoms with Gasteiger partial charge in [0.2, 0.25) is 0 Å². The Bertz CT molecular complexity index is 391. The third kappa shape index (κ3) is 15.0. The minimum atomic E-state index is -4.61. The van der Waals surface area contributed by atoms with E-state index >= 15 is 0 Å². The van der Waals surface area contributed by atoms with E-state index in [1.165, 1.54) is 0 Å². The number of rotatable bonds is 8. The molecule has 2 rings (SSSR count). The Morgan fingerprint density at radius 1 is 1.29 bits per heavy atom. The minimum absolute atomic E-state index is 0. The maximum Gasteiger partial charge on any atom is 1.00 e. The van der Waals surface area contributed by atoms with Crippen molar-refractivity contribution in [2.75, 3.05) is 38.8 Å². The predicted octanol–water partition coefficient (Wildman–Crippen LogP) is -3.52. The molecule has 2 unspecified atom stereocenters. The summed E-state index contributed by atoms with van der Waals surface area (Å²) in [6, 6.07) is 0. The summed E-state index contributed by atoms with van der Waals surface area (Å²) in [5.74, 6) is -0.960. The van der Waals surface area contributed by atoms with Crippen molar-refractivity contribution < 1.29 is 67.3 Å². The van der Waals surface area contributed by atoms with Crippen LogP contribution in [-0.4, -0.2) is 79.3 Å². The summed E-state index contributed by atoms with van der Waals surface area (Å²) in [4.78, 5) is 0. The Balaban J connectivity index is 0. The smallest absolute Gasteiger partial charge is 0.748 e. The van der Waals surface area contributed by atoms with Crippen LogP contribution in [0, 0.1) is 5.41 Å². The number of hydrogen-bond donors (Lipinski definition) is 3. The van der Waals surface area contributed by atoms with Crippen LogP contribution in [0.1, 0.15) is 33.1 Å². The summed E-state index contributed by atoms with van der Waals surface area (Å²) in [5, 5.41) is 27.9. The van der Waals surface area contributed by atoms with Crippen LogP contribution in [0.5, 0.6) is 0 Å². The fourth-order valence-electron chi connectivity index (χ4n) is 1.60. The van der Waals surface area contributed by atoms with Gasteiger partial charge in [-0.2, -0.15) is 0 Å². The van der Waals surface area contributed by atoms with E-state index in [2.05, 4.69) is 11.7 Å². The second-order valence-corrected chi connectivity index (χ2v) is 7.20. The van der Waals surface area contributed by atoms with Crippen LogP contribution in [-0.2, 0) is 19.6 Å². The average Bonchev–Trinajstić information content (AvgIpc) is 3.35. The summed E-state index contributed by atoms with van der Waals surface area (Å²) in [6.07, 6.45) is 1.04. The molecule has 0 saturated carbocycles. The SMILES string of the molecule is C1CO1.CC1CO1.CCCCC(O)C(CO)(CO)CS(=O)(=O)[O-].[Na+]. The van der Waals surface area contributed by atoms with Gasteiger partial charge in [0.1, 0.15) is 0 Å². The van der Waals surface area contributed by atoms with Crippen LogP contribution < -0.4 is 29.6 Å². The molecule has 0 aromatic heterocycles. The zero-order valence-electron chi connectivity index (χ0n) is 14.8. The van der Waals surface area contributed by atoms with E-state index < -0.39 is 40.6 Å². The molecule has 2 fully saturated rings. The standard InChI is InChI=1S/C9H20O6S.C3H6O.C2H4O.Na/c1-2-3-4-8(12)9(5-10,6-11)7-16(13,14)15;1-3-2-4-3;1-2-3-1;/h8,10-12H,2-7H2,1H3,(H,13,14,15);3H,2H2,1H3;1-2H2;/q;;;+1/p-1. The van der Waals surface area contributed by atoms with Crippen molar-refractivity contribution >= 4 is 10.1 Å². The molecule has 8 nitrogen and oxygen atoms in total. The third-order valence-electron chi connectivity index (χ3n) is 3.34. The first-order valence-corrected chi connectivity index (χ1v) is 9.31. The predicted molar refractivity (Wildman–Crippen MR) is 82.9 cm³/mol. The molecule has 2 aliphatic rings. The molecule has 0 aromatic rings. The zero-order valence-corrected chi connectivity index (χ0v) is 17.6. The molecule has 0 radical (unpaired) electrons. The van der Waals surface area contributed by atoms with E-state index in [0.717, 1.165) is 26.2 Å². The fraction of sp³-hybridized carbons (Fsp3) is 1.00. The van der Waals surface area contributed by atoms with E-state index in [1.54, 1.807) is 0 Å².